The molecule has 3 rings (SSSR count). The third kappa shape index (κ3) is 4.42. The second kappa shape index (κ2) is 8.44. The first-order chi connectivity index (χ1) is 13.0. The minimum Gasteiger partial charge on any atom is -0.482 e. The van der Waals surface area contributed by atoms with Crippen molar-refractivity contribution in [2.24, 2.45) is 0 Å². The van der Waals surface area contributed by atoms with Gasteiger partial charge in [0.25, 0.3) is 5.91 Å². The molecule has 1 aliphatic heterocycles. The maximum atomic E-state index is 12.5. The largest absolute Gasteiger partial charge is 0.482 e. The molecule has 2 aromatic rings. The van der Waals surface area contributed by atoms with Gasteiger partial charge in [0.15, 0.2) is 6.61 Å². The summed E-state index contributed by atoms with van der Waals surface area (Å²) >= 11 is 6.33. The molecule has 1 saturated heterocycles. The van der Waals surface area contributed by atoms with Crippen molar-refractivity contribution in [1.29, 1.82) is 0 Å². The quantitative estimate of drug-likeness (QED) is 0.790. The maximum Gasteiger partial charge on any atom is 0.261 e. The smallest absolute Gasteiger partial charge is 0.261 e. The first-order valence-electron chi connectivity index (χ1n) is 8.96. The minimum absolute atomic E-state index is 0.0499. The van der Waals surface area contributed by atoms with Crippen LogP contribution >= 0.6 is 11.6 Å². The molecule has 1 heterocycles. The summed E-state index contributed by atoms with van der Waals surface area (Å²) in [5.41, 5.74) is 2.04. The summed E-state index contributed by atoms with van der Waals surface area (Å²) in [5.74, 6) is 0.210. The summed E-state index contributed by atoms with van der Waals surface area (Å²) in [6, 6.07) is 15.0. The van der Waals surface area contributed by atoms with Gasteiger partial charge < -0.3 is 14.5 Å². The van der Waals surface area contributed by atoms with E-state index in [4.69, 9.17) is 16.3 Å². The molecule has 0 aliphatic carbocycles. The Bertz CT molecular complexity index is 823. The number of likely N-dealkylation sites (tertiary alicyclic amines) is 1. The summed E-state index contributed by atoms with van der Waals surface area (Å²) in [4.78, 5) is 27.9. The van der Waals surface area contributed by atoms with Crippen LogP contribution in [0.5, 0.6) is 5.75 Å². The monoisotopic (exact) mass is 386 g/mol. The van der Waals surface area contributed by atoms with Gasteiger partial charge in [0.1, 0.15) is 11.8 Å². The first-order valence-corrected chi connectivity index (χ1v) is 9.33. The molecule has 142 valence electrons. The molecule has 2 amide bonds. The van der Waals surface area contributed by atoms with Crippen LogP contribution in [0.1, 0.15) is 12.8 Å². The number of amides is 2. The summed E-state index contributed by atoms with van der Waals surface area (Å²) in [7, 11) is 3.40. The lowest BCUT2D eigenvalue weighted by Gasteiger charge is -2.26. The van der Waals surface area contributed by atoms with Crippen molar-refractivity contribution in [2.45, 2.75) is 18.9 Å². The zero-order valence-corrected chi connectivity index (χ0v) is 16.3. The number of carbonyl (C=O) groups excluding carboxylic acids is 2. The molecule has 27 heavy (non-hydrogen) atoms. The van der Waals surface area contributed by atoms with Gasteiger partial charge in [-0.05, 0) is 36.1 Å². The third-order valence-electron chi connectivity index (χ3n) is 4.69. The van der Waals surface area contributed by atoms with E-state index in [1.165, 1.54) is 4.90 Å². The molecule has 0 N–H and O–H groups in total. The van der Waals surface area contributed by atoms with E-state index in [1.54, 1.807) is 25.1 Å². The number of likely N-dealkylation sites (N-methyl/N-ethyl adjacent to an activating group) is 1. The lowest BCUT2D eigenvalue weighted by molar-refractivity contribution is -0.143. The Hall–Kier alpha value is -2.53. The van der Waals surface area contributed by atoms with E-state index in [0.29, 0.717) is 23.7 Å². The molecule has 5 nitrogen and oxygen atoms in total. The number of benzene rings is 2. The fraction of sp³-hybridized carbons (Fsp3) is 0.333. The van der Waals surface area contributed by atoms with E-state index in [0.717, 1.165) is 17.5 Å². The Morgan fingerprint density at radius 2 is 1.89 bits per heavy atom. The normalized spacial score (nSPS) is 16.3. The van der Waals surface area contributed by atoms with Crippen molar-refractivity contribution in [2.75, 3.05) is 27.2 Å². The van der Waals surface area contributed by atoms with E-state index in [1.807, 2.05) is 42.5 Å². The average Bonchev–Trinajstić information content (AvgIpc) is 3.16. The Kier molecular flexibility index (Phi) is 6.01. The zero-order valence-electron chi connectivity index (χ0n) is 15.5. The molecule has 0 radical (unpaired) electrons. The molecule has 0 bridgehead atoms. The highest BCUT2D eigenvalue weighted by molar-refractivity contribution is 6.32. The molecule has 1 fully saturated rings. The van der Waals surface area contributed by atoms with Crippen LogP contribution in [0.15, 0.2) is 48.5 Å². The lowest BCUT2D eigenvalue weighted by Crippen LogP contribution is -2.46. The molecule has 1 atom stereocenters. The van der Waals surface area contributed by atoms with E-state index >= 15 is 0 Å². The second-order valence-electron chi connectivity index (χ2n) is 6.78. The van der Waals surface area contributed by atoms with Crippen LogP contribution in [0, 0.1) is 0 Å². The topological polar surface area (TPSA) is 49.9 Å². The fourth-order valence-corrected chi connectivity index (χ4v) is 3.51. The Labute approximate surface area is 164 Å². The predicted molar refractivity (Wildman–Crippen MR) is 106 cm³/mol. The van der Waals surface area contributed by atoms with E-state index in [-0.39, 0.29) is 18.4 Å². The van der Waals surface area contributed by atoms with Crippen molar-refractivity contribution < 1.29 is 14.3 Å². The summed E-state index contributed by atoms with van der Waals surface area (Å²) in [5, 5.41) is 0.450. The molecule has 1 unspecified atom stereocenters. The van der Waals surface area contributed by atoms with Crippen molar-refractivity contribution >= 4 is 23.4 Å². The third-order valence-corrected chi connectivity index (χ3v) is 4.98. The standard InChI is InChI=1S/C21H23ClN2O3/c1-23(2)21(26)18-9-6-12-24(18)20(25)14-27-19-11-10-16(13-17(19)22)15-7-4-3-5-8-15/h3-5,7-8,10-11,13,18H,6,9,12,14H2,1-2H3. The van der Waals surface area contributed by atoms with Crippen molar-refractivity contribution in [1.82, 2.24) is 9.80 Å². The van der Waals surface area contributed by atoms with Crippen LogP contribution in [-0.2, 0) is 9.59 Å². The van der Waals surface area contributed by atoms with Gasteiger partial charge in [0, 0.05) is 20.6 Å². The van der Waals surface area contributed by atoms with E-state index in [9.17, 15) is 9.59 Å². The number of rotatable bonds is 5. The molecule has 0 aromatic heterocycles. The summed E-state index contributed by atoms with van der Waals surface area (Å²) in [6.07, 6.45) is 1.51. The van der Waals surface area contributed by atoms with Gasteiger partial charge in [-0.1, -0.05) is 48.0 Å². The van der Waals surface area contributed by atoms with Crippen LogP contribution in [0.4, 0.5) is 0 Å². The highest BCUT2D eigenvalue weighted by atomic mass is 35.5. The van der Waals surface area contributed by atoms with Gasteiger partial charge in [0.2, 0.25) is 5.91 Å². The molecule has 1 aliphatic rings. The second-order valence-corrected chi connectivity index (χ2v) is 7.18. The molecular weight excluding hydrogens is 364 g/mol. The van der Waals surface area contributed by atoms with Gasteiger partial charge in [0.05, 0.1) is 5.02 Å². The van der Waals surface area contributed by atoms with Gasteiger partial charge in [-0.2, -0.15) is 0 Å². The van der Waals surface area contributed by atoms with E-state index in [2.05, 4.69) is 0 Å². The molecule has 6 heteroatoms. The fourth-order valence-electron chi connectivity index (χ4n) is 3.27. The zero-order chi connectivity index (χ0) is 19.4. The molecule has 0 spiro atoms. The Morgan fingerprint density at radius 3 is 2.56 bits per heavy atom. The number of halogens is 1. The van der Waals surface area contributed by atoms with Gasteiger partial charge in [-0.15, -0.1) is 0 Å². The lowest BCUT2D eigenvalue weighted by atomic mass is 10.1. The highest BCUT2D eigenvalue weighted by Crippen LogP contribution is 2.30. The van der Waals surface area contributed by atoms with Crippen molar-refractivity contribution in [3.8, 4) is 16.9 Å². The van der Waals surface area contributed by atoms with Crippen LogP contribution in [-0.4, -0.2) is 54.9 Å². The summed E-state index contributed by atoms with van der Waals surface area (Å²) in [6.45, 7) is 0.439. The number of carbonyl (C=O) groups is 2. The SMILES string of the molecule is CN(C)C(=O)C1CCCN1C(=O)COc1ccc(-c2ccccc2)cc1Cl. The highest BCUT2D eigenvalue weighted by Gasteiger charge is 2.34. The van der Waals surface area contributed by atoms with Crippen LogP contribution in [0.3, 0.4) is 0 Å². The first kappa shape index (κ1) is 19.2. The Morgan fingerprint density at radius 1 is 1.15 bits per heavy atom. The number of hydrogen-bond acceptors (Lipinski definition) is 3. The summed E-state index contributed by atoms with van der Waals surface area (Å²) < 4.78 is 5.64. The molecular formula is C21H23ClN2O3. The van der Waals surface area contributed by atoms with Crippen LogP contribution in [0.25, 0.3) is 11.1 Å². The molecule has 2 aromatic carbocycles. The van der Waals surface area contributed by atoms with Crippen molar-refractivity contribution in [3.05, 3.63) is 53.6 Å². The van der Waals surface area contributed by atoms with Gasteiger partial charge in [-0.3, -0.25) is 9.59 Å². The van der Waals surface area contributed by atoms with Gasteiger partial charge in [-0.25, -0.2) is 0 Å². The minimum atomic E-state index is -0.396. The number of nitrogens with zero attached hydrogens (tertiary/aromatic N) is 2. The van der Waals surface area contributed by atoms with Crippen LogP contribution in [0.2, 0.25) is 5.02 Å². The van der Waals surface area contributed by atoms with E-state index < -0.39 is 6.04 Å². The Balaban J connectivity index is 1.64. The van der Waals surface area contributed by atoms with Crippen molar-refractivity contribution in [3.63, 3.8) is 0 Å². The number of hydrogen-bond donors (Lipinski definition) is 0. The predicted octanol–water partition coefficient (Wildman–Crippen LogP) is 3.47. The average molecular weight is 387 g/mol. The van der Waals surface area contributed by atoms with Crippen LogP contribution < -0.4 is 4.74 Å². The number of ether oxygens (including phenoxy) is 1. The molecule has 0 saturated carbocycles. The van der Waals surface area contributed by atoms with Gasteiger partial charge >= 0.3 is 0 Å². The maximum absolute atomic E-state index is 12.5.